The number of hydrogen-bond donors (Lipinski definition) is 1. The Hall–Kier alpha value is -1.39. The van der Waals surface area contributed by atoms with Gasteiger partial charge in [0.2, 0.25) is 0 Å². The van der Waals surface area contributed by atoms with E-state index < -0.39 is 0 Å². The molecule has 2 aromatic rings. The molecule has 2 unspecified atom stereocenters. The fourth-order valence-corrected chi connectivity index (χ4v) is 2.92. The molecule has 0 amide bonds. The molecule has 2 heterocycles. The standard InChI is InChI=1S/C16H21FN2O/c1-12(16-6-3-11-20-16)18-8-10-19-9-7-13-14(17)4-2-5-15(13)19/h2,4-5,7,9,12,16,18H,3,6,8,10-11H2,1H3. The summed E-state index contributed by atoms with van der Waals surface area (Å²) in [5.41, 5.74) is 0.955. The van der Waals surface area contributed by atoms with Crippen molar-refractivity contribution in [3.8, 4) is 0 Å². The number of aromatic nitrogens is 1. The van der Waals surface area contributed by atoms with E-state index in [2.05, 4.69) is 16.8 Å². The summed E-state index contributed by atoms with van der Waals surface area (Å²) in [6.45, 7) is 4.76. The lowest BCUT2D eigenvalue weighted by atomic mass is 10.1. The molecule has 1 saturated heterocycles. The van der Waals surface area contributed by atoms with E-state index in [1.807, 2.05) is 18.3 Å². The molecule has 1 aromatic heterocycles. The zero-order valence-corrected chi connectivity index (χ0v) is 11.8. The largest absolute Gasteiger partial charge is 0.377 e. The molecule has 0 saturated carbocycles. The molecule has 0 aliphatic carbocycles. The molecule has 0 bridgehead atoms. The van der Waals surface area contributed by atoms with E-state index in [0.717, 1.165) is 38.1 Å². The van der Waals surface area contributed by atoms with Crippen LogP contribution in [0.3, 0.4) is 0 Å². The molecular formula is C16H21FN2O. The first-order valence-corrected chi connectivity index (χ1v) is 7.34. The average Bonchev–Trinajstić information content (AvgIpc) is 3.09. The van der Waals surface area contributed by atoms with Crippen LogP contribution in [0.5, 0.6) is 0 Å². The third-order valence-corrected chi connectivity index (χ3v) is 4.10. The van der Waals surface area contributed by atoms with Crippen molar-refractivity contribution >= 4 is 10.9 Å². The fraction of sp³-hybridized carbons (Fsp3) is 0.500. The van der Waals surface area contributed by atoms with Crippen LogP contribution in [0.15, 0.2) is 30.5 Å². The van der Waals surface area contributed by atoms with Gasteiger partial charge in [0, 0.05) is 37.3 Å². The molecule has 1 aliphatic heterocycles. The normalized spacial score (nSPS) is 20.6. The van der Waals surface area contributed by atoms with Crippen molar-refractivity contribution in [2.24, 2.45) is 0 Å². The molecule has 1 fully saturated rings. The number of nitrogens with zero attached hydrogens (tertiary/aromatic N) is 1. The Morgan fingerprint density at radius 3 is 3.15 bits per heavy atom. The zero-order chi connectivity index (χ0) is 13.9. The third kappa shape index (κ3) is 2.72. The lowest BCUT2D eigenvalue weighted by molar-refractivity contribution is 0.0835. The first-order chi connectivity index (χ1) is 9.75. The van der Waals surface area contributed by atoms with Gasteiger partial charge in [0.15, 0.2) is 0 Å². The Balaban J connectivity index is 1.58. The molecule has 1 N–H and O–H groups in total. The van der Waals surface area contributed by atoms with Gasteiger partial charge in [-0.15, -0.1) is 0 Å². The highest BCUT2D eigenvalue weighted by atomic mass is 19.1. The highest BCUT2D eigenvalue weighted by Crippen LogP contribution is 2.19. The van der Waals surface area contributed by atoms with Crippen molar-refractivity contribution in [2.45, 2.75) is 38.5 Å². The Kier molecular flexibility index (Phi) is 4.03. The van der Waals surface area contributed by atoms with Crippen LogP contribution >= 0.6 is 0 Å². The molecule has 3 rings (SSSR count). The number of benzene rings is 1. The topological polar surface area (TPSA) is 26.2 Å². The van der Waals surface area contributed by atoms with Crippen LogP contribution in [0.2, 0.25) is 0 Å². The summed E-state index contributed by atoms with van der Waals surface area (Å²) in [7, 11) is 0. The van der Waals surface area contributed by atoms with Gasteiger partial charge >= 0.3 is 0 Å². The molecular weight excluding hydrogens is 255 g/mol. The molecule has 4 heteroatoms. The lowest BCUT2D eigenvalue weighted by Crippen LogP contribution is -2.38. The quantitative estimate of drug-likeness (QED) is 0.908. The molecule has 1 aliphatic rings. The van der Waals surface area contributed by atoms with Gasteiger partial charge in [-0.05, 0) is 38.0 Å². The second-order valence-corrected chi connectivity index (χ2v) is 5.48. The molecule has 3 nitrogen and oxygen atoms in total. The van der Waals surface area contributed by atoms with Gasteiger partial charge in [0.25, 0.3) is 0 Å². The summed E-state index contributed by atoms with van der Waals surface area (Å²) in [6.07, 6.45) is 4.60. The van der Waals surface area contributed by atoms with Crippen LogP contribution in [-0.4, -0.2) is 29.9 Å². The van der Waals surface area contributed by atoms with E-state index in [0.29, 0.717) is 17.5 Å². The van der Waals surface area contributed by atoms with E-state index in [4.69, 9.17) is 4.74 Å². The number of fused-ring (bicyclic) bond motifs is 1. The Morgan fingerprint density at radius 1 is 1.45 bits per heavy atom. The zero-order valence-electron chi connectivity index (χ0n) is 11.8. The molecule has 1 aromatic carbocycles. The summed E-state index contributed by atoms with van der Waals surface area (Å²) in [5, 5.41) is 4.20. The van der Waals surface area contributed by atoms with Crippen LogP contribution in [-0.2, 0) is 11.3 Å². The van der Waals surface area contributed by atoms with Crippen LogP contribution in [0, 0.1) is 5.82 Å². The minimum Gasteiger partial charge on any atom is -0.377 e. The predicted molar refractivity (Wildman–Crippen MR) is 78.3 cm³/mol. The van der Waals surface area contributed by atoms with Gasteiger partial charge in [-0.3, -0.25) is 0 Å². The van der Waals surface area contributed by atoms with Gasteiger partial charge in [-0.25, -0.2) is 4.39 Å². The van der Waals surface area contributed by atoms with Crippen molar-refractivity contribution in [1.29, 1.82) is 0 Å². The van der Waals surface area contributed by atoms with E-state index in [-0.39, 0.29) is 5.82 Å². The second-order valence-electron chi connectivity index (χ2n) is 5.48. The molecule has 108 valence electrons. The highest BCUT2D eigenvalue weighted by Gasteiger charge is 2.21. The Bertz CT molecular complexity index is 575. The maximum atomic E-state index is 13.6. The minimum atomic E-state index is -0.151. The highest BCUT2D eigenvalue weighted by molar-refractivity contribution is 5.80. The Morgan fingerprint density at radius 2 is 2.35 bits per heavy atom. The second kappa shape index (κ2) is 5.94. The first kappa shape index (κ1) is 13.6. The van der Waals surface area contributed by atoms with Crippen molar-refractivity contribution in [1.82, 2.24) is 9.88 Å². The maximum Gasteiger partial charge on any atom is 0.132 e. The first-order valence-electron chi connectivity index (χ1n) is 7.34. The molecule has 0 radical (unpaired) electrons. The lowest BCUT2D eigenvalue weighted by Gasteiger charge is -2.20. The van der Waals surface area contributed by atoms with Crippen molar-refractivity contribution in [3.63, 3.8) is 0 Å². The number of ether oxygens (including phenoxy) is 1. The summed E-state index contributed by atoms with van der Waals surface area (Å²) >= 11 is 0. The fourth-order valence-electron chi connectivity index (χ4n) is 2.92. The van der Waals surface area contributed by atoms with Crippen LogP contribution in [0.25, 0.3) is 10.9 Å². The number of halogens is 1. The maximum absolute atomic E-state index is 13.6. The van der Waals surface area contributed by atoms with Gasteiger partial charge < -0.3 is 14.6 Å². The van der Waals surface area contributed by atoms with E-state index >= 15 is 0 Å². The van der Waals surface area contributed by atoms with Gasteiger partial charge in [-0.1, -0.05) is 6.07 Å². The van der Waals surface area contributed by atoms with Gasteiger partial charge in [0.1, 0.15) is 5.82 Å². The Labute approximate surface area is 118 Å². The van der Waals surface area contributed by atoms with E-state index in [1.165, 1.54) is 6.07 Å². The van der Waals surface area contributed by atoms with Gasteiger partial charge in [0.05, 0.1) is 11.6 Å². The van der Waals surface area contributed by atoms with Gasteiger partial charge in [-0.2, -0.15) is 0 Å². The van der Waals surface area contributed by atoms with Crippen LogP contribution in [0.1, 0.15) is 19.8 Å². The SMILES string of the molecule is CC(NCCn1ccc2c(F)cccc21)C1CCCO1. The smallest absolute Gasteiger partial charge is 0.132 e. The van der Waals surface area contributed by atoms with Crippen molar-refractivity contribution in [2.75, 3.05) is 13.2 Å². The number of rotatable bonds is 5. The van der Waals surface area contributed by atoms with E-state index in [1.54, 1.807) is 6.07 Å². The summed E-state index contributed by atoms with van der Waals surface area (Å²) < 4.78 is 21.4. The third-order valence-electron chi connectivity index (χ3n) is 4.10. The van der Waals surface area contributed by atoms with Crippen LogP contribution < -0.4 is 5.32 Å². The molecule has 2 atom stereocenters. The summed E-state index contributed by atoms with van der Waals surface area (Å²) in [6, 6.07) is 7.44. The molecule has 20 heavy (non-hydrogen) atoms. The molecule has 0 spiro atoms. The monoisotopic (exact) mass is 276 g/mol. The summed E-state index contributed by atoms with van der Waals surface area (Å²) in [5.74, 6) is -0.151. The minimum absolute atomic E-state index is 0.151. The average molecular weight is 276 g/mol. The van der Waals surface area contributed by atoms with Crippen molar-refractivity contribution in [3.05, 3.63) is 36.3 Å². The van der Waals surface area contributed by atoms with E-state index in [9.17, 15) is 4.39 Å². The summed E-state index contributed by atoms with van der Waals surface area (Å²) in [4.78, 5) is 0. The predicted octanol–water partition coefficient (Wildman–Crippen LogP) is 2.94. The van der Waals surface area contributed by atoms with Crippen molar-refractivity contribution < 1.29 is 9.13 Å². The van der Waals surface area contributed by atoms with Crippen LogP contribution in [0.4, 0.5) is 4.39 Å². The number of hydrogen-bond acceptors (Lipinski definition) is 2. The number of nitrogens with one attached hydrogen (secondary N) is 1.